The van der Waals surface area contributed by atoms with Gasteiger partial charge >= 0.3 is 0 Å². The van der Waals surface area contributed by atoms with Crippen LogP contribution >= 0.6 is 11.8 Å². The standard InChI is InChI=1S/C21H26N2O3S2/c24-21(22-14-7-17-27-19-8-3-1-4-9-19)18-10-12-20(13-11-18)28(25,26)23-15-5-2-6-16-23/h1,3-4,8-13H,2,5-7,14-17H2,(H,22,24). The molecule has 2 aromatic rings. The lowest BCUT2D eigenvalue weighted by atomic mass is 10.2. The SMILES string of the molecule is O=C(NCCCSc1ccccc1)c1ccc(S(=O)(=O)N2CCCCC2)cc1. The Morgan fingerprint density at radius 1 is 0.964 bits per heavy atom. The summed E-state index contributed by atoms with van der Waals surface area (Å²) >= 11 is 1.76. The van der Waals surface area contributed by atoms with Crippen LogP contribution in [0.25, 0.3) is 0 Å². The third-order valence-corrected chi connectivity index (χ3v) is 7.70. The molecule has 1 amide bonds. The number of benzene rings is 2. The molecular formula is C21H26N2O3S2. The van der Waals surface area contributed by atoms with Crippen LogP contribution in [-0.4, -0.2) is 44.0 Å². The van der Waals surface area contributed by atoms with Crippen molar-refractivity contribution in [2.24, 2.45) is 0 Å². The molecule has 2 aromatic carbocycles. The fraction of sp³-hybridized carbons (Fsp3) is 0.381. The van der Waals surface area contributed by atoms with E-state index in [-0.39, 0.29) is 10.8 Å². The maximum atomic E-state index is 12.7. The number of nitrogens with zero attached hydrogens (tertiary/aromatic N) is 1. The van der Waals surface area contributed by atoms with Crippen LogP contribution in [0.5, 0.6) is 0 Å². The van der Waals surface area contributed by atoms with Crippen molar-refractivity contribution in [3.63, 3.8) is 0 Å². The fourth-order valence-corrected chi connectivity index (χ4v) is 5.51. The molecule has 0 aliphatic carbocycles. The molecule has 28 heavy (non-hydrogen) atoms. The van der Waals surface area contributed by atoms with E-state index in [2.05, 4.69) is 17.4 Å². The van der Waals surface area contributed by atoms with Crippen LogP contribution < -0.4 is 5.32 Å². The summed E-state index contributed by atoms with van der Waals surface area (Å²) in [6.07, 6.45) is 3.76. The van der Waals surface area contributed by atoms with Crippen LogP contribution in [0.2, 0.25) is 0 Å². The maximum absolute atomic E-state index is 12.7. The lowest BCUT2D eigenvalue weighted by Gasteiger charge is -2.25. The molecule has 5 nitrogen and oxygen atoms in total. The Kier molecular flexibility index (Phi) is 7.53. The summed E-state index contributed by atoms with van der Waals surface area (Å²) < 4.78 is 26.8. The summed E-state index contributed by atoms with van der Waals surface area (Å²) in [5.41, 5.74) is 0.480. The lowest BCUT2D eigenvalue weighted by molar-refractivity contribution is 0.0953. The van der Waals surface area contributed by atoms with Gasteiger partial charge in [0.05, 0.1) is 4.90 Å². The minimum absolute atomic E-state index is 0.174. The van der Waals surface area contributed by atoms with Gasteiger partial charge < -0.3 is 5.32 Å². The molecule has 3 rings (SSSR count). The van der Waals surface area contributed by atoms with E-state index in [1.807, 2.05) is 18.2 Å². The van der Waals surface area contributed by atoms with Crippen molar-refractivity contribution in [3.05, 3.63) is 60.2 Å². The van der Waals surface area contributed by atoms with E-state index >= 15 is 0 Å². The van der Waals surface area contributed by atoms with Crippen LogP contribution in [0.15, 0.2) is 64.4 Å². The average Bonchev–Trinajstić information content (AvgIpc) is 2.75. The number of hydrogen-bond acceptors (Lipinski definition) is 4. The van der Waals surface area contributed by atoms with E-state index in [0.29, 0.717) is 25.2 Å². The zero-order valence-corrected chi connectivity index (χ0v) is 17.5. The molecule has 1 aliphatic rings. The minimum Gasteiger partial charge on any atom is -0.352 e. The van der Waals surface area contributed by atoms with Gasteiger partial charge in [-0.15, -0.1) is 11.8 Å². The maximum Gasteiger partial charge on any atom is 0.251 e. The van der Waals surface area contributed by atoms with Crippen LogP contribution in [-0.2, 0) is 10.0 Å². The highest BCUT2D eigenvalue weighted by Crippen LogP contribution is 2.21. The minimum atomic E-state index is -3.46. The van der Waals surface area contributed by atoms with Crippen molar-refractivity contribution in [2.75, 3.05) is 25.4 Å². The zero-order valence-electron chi connectivity index (χ0n) is 15.8. The van der Waals surface area contributed by atoms with Crippen molar-refractivity contribution < 1.29 is 13.2 Å². The molecule has 1 saturated heterocycles. The van der Waals surface area contributed by atoms with Crippen LogP contribution in [0, 0.1) is 0 Å². The number of rotatable bonds is 8. The molecule has 1 heterocycles. The van der Waals surface area contributed by atoms with Crippen molar-refractivity contribution in [2.45, 2.75) is 35.5 Å². The third-order valence-electron chi connectivity index (χ3n) is 4.69. The number of sulfonamides is 1. The van der Waals surface area contributed by atoms with Gasteiger partial charge in [0, 0.05) is 30.1 Å². The number of carbonyl (C=O) groups excluding carboxylic acids is 1. The molecule has 1 aliphatic heterocycles. The van der Waals surface area contributed by atoms with Crippen molar-refractivity contribution in [3.8, 4) is 0 Å². The van der Waals surface area contributed by atoms with Gasteiger partial charge in [0.1, 0.15) is 0 Å². The van der Waals surface area contributed by atoms with Gasteiger partial charge in [0.2, 0.25) is 10.0 Å². The van der Waals surface area contributed by atoms with Gasteiger partial charge in [0.15, 0.2) is 0 Å². The first-order valence-electron chi connectivity index (χ1n) is 9.64. The number of carbonyl (C=O) groups is 1. The molecule has 1 N–H and O–H groups in total. The molecule has 150 valence electrons. The smallest absolute Gasteiger partial charge is 0.251 e. The zero-order chi connectivity index (χ0) is 19.8. The Hall–Kier alpha value is -1.83. The quantitative estimate of drug-likeness (QED) is 0.523. The largest absolute Gasteiger partial charge is 0.352 e. The van der Waals surface area contributed by atoms with Crippen LogP contribution in [0.1, 0.15) is 36.0 Å². The van der Waals surface area contributed by atoms with Gasteiger partial charge in [-0.05, 0) is 61.4 Å². The predicted octanol–water partition coefficient (Wildman–Crippen LogP) is 3.77. The first-order valence-corrected chi connectivity index (χ1v) is 12.1. The van der Waals surface area contributed by atoms with E-state index in [1.165, 1.54) is 21.3 Å². The lowest BCUT2D eigenvalue weighted by Crippen LogP contribution is -2.35. The van der Waals surface area contributed by atoms with Crippen LogP contribution in [0.4, 0.5) is 0 Å². The topological polar surface area (TPSA) is 66.5 Å². The number of amides is 1. The molecule has 0 radical (unpaired) electrons. The molecule has 0 saturated carbocycles. The van der Waals surface area contributed by atoms with E-state index in [9.17, 15) is 13.2 Å². The van der Waals surface area contributed by atoms with Gasteiger partial charge in [-0.1, -0.05) is 24.6 Å². The van der Waals surface area contributed by atoms with E-state index in [0.717, 1.165) is 31.4 Å². The Labute approximate surface area is 171 Å². The average molecular weight is 419 g/mol. The highest BCUT2D eigenvalue weighted by atomic mass is 32.2. The molecule has 0 spiro atoms. The number of thioether (sulfide) groups is 1. The second-order valence-corrected chi connectivity index (χ2v) is 9.87. The Balaban J connectivity index is 1.47. The molecule has 0 atom stereocenters. The first-order chi connectivity index (χ1) is 13.6. The summed E-state index contributed by atoms with van der Waals surface area (Å²) in [6, 6.07) is 16.4. The second kappa shape index (κ2) is 10.1. The summed E-state index contributed by atoms with van der Waals surface area (Å²) in [6.45, 7) is 1.74. The molecule has 0 unspecified atom stereocenters. The number of hydrogen-bond donors (Lipinski definition) is 1. The fourth-order valence-electron chi connectivity index (χ4n) is 3.12. The normalized spacial score (nSPS) is 15.3. The van der Waals surface area contributed by atoms with Crippen LogP contribution in [0.3, 0.4) is 0 Å². The van der Waals surface area contributed by atoms with E-state index < -0.39 is 10.0 Å². The Morgan fingerprint density at radius 2 is 1.64 bits per heavy atom. The van der Waals surface area contributed by atoms with Gasteiger partial charge in [0.25, 0.3) is 5.91 Å². The van der Waals surface area contributed by atoms with E-state index in [4.69, 9.17) is 0 Å². The number of piperidine rings is 1. The van der Waals surface area contributed by atoms with Crippen molar-refractivity contribution in [1.82, 2.24) is 9.62 Å². The highest BCUT2D eigenvalue weighted by Gasteiger charge is 2.25. The van der Waals surface area contributed by atoms with Crippen molar-refractivity contribution in [1.29, 1.82) is 0 Å². The van der Waals surface area contributed by atoms with Crippen molar-refractivity contribution >= 4 is 27.7 Å². The summed E-state index contributed by atoms with van der Waals surface area (Å²) in [5, 5.41) is 2.89. The molecule has 7 heteroatoms. The van der Waals surface area contributed by atoms with E-state index in [1.54, 1.807) is 23.9 Å². The second-order valence-electron chi connectivity index (χ2n) is 6.76. The van der Waals surface area contributed by atoms with Gasteiger partial charge in [-0.2, -0.15) is 4.31 Å². The number of nitrogens with one attached hydrogen (secondary N) is 1. The molecular weight excluding hydrogens is 392 g/mol. The first kappa shape index (κ1) is 20.9. The predicted molar refractivity (Wildman–Crippen MR) is 113 cm³/mol. The molecule has 0 aromatic heterocycles. The van der Waals surface area contributed by atoms with Gasteiger partial charge in [-0.25, -0.2) is 8.42 Å². The summed E-state index contributed by atoms with van der Waals surface area (Å²) in [5.74, 6) is 0.753. The highest BCUT2D eigenvalue weighted by molar-refractivity contribution is 7.99. The third kappa shape index (κ3) is 5.59. The van der Waals surface area contributed by atoms with Gasteiger partial charge in [-0.3, -0.25) is 4.79 Å². The molecule has 1 fully saturated rings. The Bertz CT molecular complexity index is 862. The molecule has 0 bridgehead atoms. The Morgan fingerprint density at radius 3 is 2.32 bits per heavy atom. The summed E-state index contributed by atoms with van der Waals surface area (Å²) in [4.78, 5) is 13.7. The summed E-state index contributed by atoms with van der Waals surface area (Å²) in [7, 11) is -3.46. The monoisotopic (exact) mass is 418 g/mol.